The number of amides is 3. The molecule has 0 bridgehead atoms. The van der Waals surface area contributed by atoms with Gasteiger partial charge in [0.05, 0.1) is 20.4 Å². The molecule has 2 aromatic carbocycles. The molecule has 3 amide bonds. The molecule has 1 aliphatic heterocycles. The summed E-state index contributed by atoms with van der Waals surface area (Å²) in [6, 6.07) is 10.7. The van der Waals surface area contributed by atoms with Crippen molar-refractivity contribution in [3.05, 3.63) is 53.6 Å². The summed E-state index contributed by atoms with van der Waals surface area (Å²) in [7, 11) is 3.04. The Kier molecular flexibility index (Phi) is 4.72. The van der Waals surface area contributed by atoms with Crippen molar-refractivity contribution >= 4 is 18.2 Å². The SMILES string of the molecule is COc1ccc([C@]2(C)NC(=O)N(N=Cc3cc(OC)ccc3O)C2=O)cc1. The van der Waals surface area contributed by atoms with Gasteiger partial charge in [-0.1, -0.05) is 12.1 Å². The average molecular weight is 369 g/mol. The molecule has 0 aliphatic carbocycles. The molecular formula is C19H19N3O5. The Morgan fingerprint density at radius 2 is 1.70 bits per heavy atom. The van der Waals surface area contributed by atoms with E-state index >= 15 is 0 Å². The number of hydrazone groups is 1. The maximum Gasteiger partial charge on any atom is 0.346 e. The molecule has 27 heavy (non-hydrogen) atoms. The number of nitrogens with zero attached hydrogens (tertiary/aromatic N) is 2. The molecule has 0 aromatic heterocycles. The van der Waals surface area contributed by atoms with Crippen LogP contribution in [0.4, 0.5) is 4.79 Å². The fourth-order valence-electron chi connectivity index (χ4n) is 2.73. The number of hydrogen-bond acceptors (Lipinski definition) is 6. The van der Waals surface area contributed by atoms with Crippen molar-refractivity contribution < 1.29 is 24.2 Å². The van der Waals surface area contributed by atoms with Gasteiger partial charge in [0.15, 0.2) is 0 Å². The van der Waals surface area contributed by atoms with Gasteiger partial charge >= 0.3 is 6.03 Å². The van der Waals surface area contributed by atoms with Crippen LogP contribution in [0.1, 0.15) is 18.1 Å². The fourth-order valence-corrected chi connectivity index (χ4v) is 2.73. The van der Waals surface area contributed by atoms with Crippen LogP contribution < -0.4 is 14.8 Å². The predicted octanol–water partition coefficient (Wildman–Crippen LogP) is 2.21. The number of hydrogen-bond donors (Lipinski definition) is 2. The lowest BCUT2D eigenvalue weighted by molar-refractivity contribution is -0.131. The highest BCUT2D eigenvalue weighted by Gasteiger charge is 2.49. The number of ether oxygens (including phenoxy) is 2. The first-order valence-corrected chi connectivity index (χ1v) is 8.11. The Morgan fingerprint density at radius 3 is 2.33 bits per heavy atom. The number of phenols is 1. The van der Waals surface area contributed by atoms with Crippen molar-refractivity contribution in [1.82, 2.24) is 10.3 Å². The van der Waals surface area contributed by atoms with Gasteiger partial charge in [0.25, 0.3) is 5.91 Å². The minimum Gasteiger partial charge on any atom is -0.507 e. The van der Waals surface area contributed by atoms with Crippen molar-refractivity contribution in [1.29, 1.82) is 0 Å². The molecule has 2 N–H and O–H groups in total. The zero-order valence-electron chi connectivity index (χ0n) is 15.1. The number of imide groups is 1. The first-order chi connectivity index (χ1) is 12.9. The molecule has 1 aliphatic rings. The van der Waals surface area contributed by atoms with E-state index in [1.54, 1.807) is 50.4 Å². The molecule has 8 nitrogen and oxygen atoms in total. The molecule has 1 heterocycles. The maximum absolute atomic E-state index is 12.8. The van der Waals surface area contributed by atoms with Crippen molar-refractivity contribution in [3.63, 3.8) is 0 Å². The molecule has 0 saturated carbocycles. The van der Waals surface area contributed by atoms with Crippen LogP contribution in [0, 0.1) is 0 Å². The molecule has 1 saturated heterocycles. The lowest BCUT2D eigenvalue weighted by atomic mass is 9.92. The van der Waals surface area contributed by atoms with Crippen molar-refractivity contribution in [2.45, 2.75) is 12.5 Å². The van der Waals surface area contributed by atoms with Crippen molar-refractivity contribution in [2.75, 3.05) is 14.2 Å². The number of methoxy groups -OCH3 is 2. The van der Waals surface area contributed by atoms with Crippen molar-refractivity contribution in [2.24, 2.45) is 5.10 Å². The van der Waals surface area contributed by atoms with Gasteiger partial charge in [0, 0.05) is 5.56 Å². The number of carbonyl (C=O) groups is 2. The van der Waals surface area contributed by atoms with Crippen LogP contribution in [0.3, 0.4) is 0 Å². The Labute approximate surface area is 156 Å². The van der Waals surface area contributed by atoms with E-state index in [9.17, 15) is 14.7 Å². The van der Waals surface area contributed by atoms with Gasteiger partial charge in [-0.05, 0) is 42.8 Å². The Bertz CT molecular complexity index is 910. The molecule has 1 atom stereocenters. The fraction of sp³-hybridized carbons (Fsp3) is 0.211. The van der Waals surface area contributed by atoms with Crippen LogP contribution in [0.5, 0.6) is 17.2 Å². The predicted molar refractivity (Wildman–Crippen MR) is 98.0 cm³/mol. The molecular weight excluding hydrogens is 350 g/mol. The summed E-state index contributed by atoms with van der Waals surface area (Å²) in [5, 5.41) is 17.2. The normalized spacial score (nSPS) is 19.4. The molecule has 140 valence electrons. The maximum atomic E-state index is 12.8. The zero-order valence-corrected chi connectivity index (χ0v) is 15.1. The molecule has 0 unspecified atom stereocenters. The van der Waals surface area contributed by atoms with Crippen LogP contribution in [0.2, 0.25) is 0 Å². The van der Waals surface area contributed by atoms with Gasteiger partial charge in [-0.25, -0.2) is 4.79 Å². The molecule has 0 spiro atoms. The smallest absolute Gasteiger partial charge is 0.346 e. The largest absolute Gasteiger partial charge is 0.507 e. The van der Waals surface area contributed by atoms with E-state index in [4.69, 9.17) is 9.47 Å². The number of carbonyl (C=O) groups excluding carboxylic acids is 2. The third kappa shape index (κ3) is 3.29. The summed E-state index contributed by atoms with van der Waals surface area (Å²) < 4.78 is 10.2. The first kappa shape index (κ1) is 18.2. The van der Waals surface area contributed by atoms with Gasteiger partial charge in [-0.2, -0.15) is 5.10 Å². The molecule has 8 heteroatoms. The second-order valence-electron chi connectivity index (χ2n) is 6.07. The second kappa shape index (κ2) is 6.99. The third-order valence-electron chi connectivity index (χ3n) is 4.38. The number of urea groups is 1. The van der Waals surface area contributed by atoms with Crippen molar-refractivity contribution in [3.8, 4) is 17.2 Å². The first-order valence-electron chi connectivity index (χ1n) is 8.11. The minimum atomic E-state index is -1.25. The van der Waals surface area contributed by atoms with E-state index < -0.39 is 17.5 Å². The summed E-state index contributed by atoms with van der Waals surface area (Å²) >= 11 is 0. The Hall–Kier alpha value is -3.55. The van der Waals surface area contributed by atoms with E-state index in [2.05, 4.69) is 10.4 Å². The molecule has 3 rings (SSSR count). The lowest BCUT2D eigenvalue weighted by Crippen LogP contribution is -2.40. The van der Waals surface area contributed by atoms with Gasteiger partial charge < -0.3 is 19.9 Å². The summed E-state index contributed by atoms with van der Waals surface area (Å²) in [6.07, 6.45) is 1.23. The quantitative estimate of drug-likeness (QED) is 0.622. The molecule has 1 fully saturated rings. The van der Waals surface area contributed by atoms with E-state index in [0.29, 0.717) is 22.6 Å². The average Bonchev–Trinajstić information content (AvgIpc) is 2.90. The minimum absolute atomic E-state index is 0.0514. The molecule has 0 radical (unpaired) electrons. The van der Waals surface area contributed by atoms with Crippen LogP contribution in [0.15, 0.2) is 47.6 Å². The topological polar surface area (TPSA) is 100 Å². The highest BCUT2D eigenvalue weighted by molar-refractivity contribution is 6.07. The van der Waals surface area contributed by atoms with E-state index in [1.807, 2.05) is 0 Å². The summed E-state index contributed by atoms with van der Waals surface area (Å²) in [6.45, 7) is 1.60. The highest BCUT2D eigenvalue weighted by Crippen LogP contribution is 2.30. The van der Waals surface area contributed by atoms with Crippen LogP contribution in [-0.4, -0.2) is 42.5 Å². The highest BCUT2D eigenvalue weighted by atomic mass is 16.5. The van der Waals surface area contributed by atoms with Crippen LogP contribution in [-0.2, 0) is 10.3 Å². The van der Waals surface area contributed by atoms with E-state index in [-0.39, 0.29) is 5.75 Å². The summed E-state index contributed by atoms with van der Waals surface area (Å²) in [4.78, 5) is 25.1. The number of aromatic hydroxyl groups is 1. The molecule has 2 aromatic rings. The van der Waals surface area contributed by atoms with Gasteiger partial charge in [0.2, 0.25) is 0 Å². The standard InChI is InChI=1S/C19H19N3O5/c1-19(13-4-6-14(26-2)7-5-13)17(24)22(18(25)21-19)20-11-12-10-15(27-3)8-9-16(12)23/h4-11,23H,1-3H3,(H,21,25)/t19-/m0/s1. The zero-order chi connectivity index (χ0) is 19.6. The van der Waals surface area contributed by atoms with E-state index in [0.717, 1.165) is 5.01 Å². The Morgan fingerprint density at radius 1 is 1.07 bits per heavy atom. The Balaban J connectivity index is 1.87. The van der Waals surface area contributed by atoms with Crippen LogP contribution >= 0.6 is 0 Å². The second-order valence-corrected chi connectivity index (χ2v) is 6.07. The summed E-state index contributed by atoms with van der Waals surface area (Å²) in [5.41, 5.74) is -0.339. The monoisotopic (exact) mass is 369 g/mol. The van der Waals surface area contributed by atoms with E-state index in [1.165, 1.54) is 19.4 Å². The van der Waals surface area contributed by atoms with Gasteiger partial charge in [-0.15, -0.1) is 5.01 Å². The summed E-state index contributed by atoms with van der Waals surface area (Å²) in [5.74, 6) is 0.567. The van der Waals surface area contributed by atoms with Crippen LogP contribution in [0.25, 0.3) is 0 Å². The number of rotatable bonds is 5. The number of nitrogens with one attached hydrogen (secondary N) is 1. The van der Waals surface area contributed by atoms with Gasteiger partial charge in [0.1, 0.15) is 22.8 Å². The van der Waals surface area contributed by atoms with Gasteiger partial charge in [-0.3, -0.25) is 4.79 Å². The number of benzene rings is 2. The lowest BCUT2D eigenvalue weighted by Gasteiger charge is -2.21. The number of phenolic OH excluding ortho intramolecular Hbond substituents is 1. The third-order valence-corrected chi connectivity index (χ3v) is 4.38.